The number of anilines is 2. The van der Waals surface area contributed by atoms with Crippen LogP contribution in [0.1, 0.15) is 31.3 Å². The van der Waals surface area contributed by atoms with Crippen LogP contribution in [0.25, 0.3) is 11.5 Å². The molecule has 30 heavy (non-hydrogen) atoms. The van der Waals surface area contributed by atoms with Crippen LogP contribution in [0.5, 0.6) is 0 Å². The van der Waals surface area contributed by atoms with Crippen LogP contribution in [-0.2, 0) is 0 Å². The normalized spacial score (nSPS) is 14.3. The smallest absolute Gasteiger partial charge is 0.321 e. The summed E-state index contributed by atoms with van der Waals surface area (Å²) in [6.07, 6.45) is 1.28. The fourth-order valence-corrected chi connectivity index (χ4v) is 3.36. The summed E-state index contributed by atoms with van der Waals surface area (Å²) in [5.74, 6) is 2.48. The van der Waals surface area contributed by atoms with Gasteiger partial charge in [-0.3, -0.25) is 0 Å². The zero-order valence-corrected chi connectivity index (χ0v) is 17.4. The van der Waals surface area contributed by atoms with Crippen LogP contribution in [0.2, 0.25) is 0 Å². The van der Waals surface area contributed by atoms with Crippen molar-refractivity contribution in [3.05, 3.63) is 48.2 Å². The highest BCUT2D eigenvalue weighted by atomic mass is 16.4. The minimum absolute atomic E-state index is 0.126. The van der Waals surface area contributed by atoms with Crippen LogP contribution in [0.4, 0.5) is 16.3 Å². The van der Waals surface area contributed by atoms with E-state index in [4.69, 9.17) is 9.40 Å². The van der Waals surface area contributed by atoms with Crippen molar-refractivity contribution in [2.24, 2.45) is 0 Å². The standard InChI is InChI=1S/C21H25N7O2/c1-14(2)19-23-15(3)11-18(25-19)27-7-9-28(10-8-27)21(29)24-17-6-4-5-16(12-17)20-26-22-13-30-20/h4-6,11-14H,7-10H2,1-3H3,(H,24,29). The average Bonchev–Trinajstić information content (AvgIpc) is 3.28. The van der Waals surface area contributed by atoms with Gasteiger partial charge in [0.2, 0.25) is 12.3 Å². The third-order valence-electron chi connectivity index (χ3n) is 4.99. The highest BCUT2D eigenvalue weighted by Gasteiger charge is 2.23. The first-order chi connectivity index (χ1) is 14.5. The number of nitrogens with one attached hydrogen (secondary N) is 1. The zero-order chi connectivity index (χ0) is 21.1. The minimum Gasteiger partial charge on any atom is -0.423 e. The summed E-state index contributed by atoms with van der Waals surface area (Å²) < 4.78 is 5.22. The SMILES string of the molecule is Cc1cc(N2CCN(C(=O)Nc3cccc(-c4nnco4)c3)CC2)nc(C(C)C)n1. The molecule has 9 nitrogen and oxygen atoms in total. The summed E-state index contributed by atoms with van der Waals surface area (Å²) in [5, 5.41) is 10.5. The van der Waals surface area contributed by atoms with Gasteiger partial charge in [0.05, 0.1) is 0 Å². The molecule has 4 rings (SSSR count). The van der Waals surface area contributed by atoms with E-state index < -0.39 is 0 Å². The maximum Gasteiger partial charge on any atom is 0.321 e. The highest BCUT2D eigenvalue weighted by molar-refractivity contribution is 5.90. The van der Waals surface area contributed by atoms with Crippen molar-refractivity contribution < 1.29 is 9.21 Å². The van der Waals surface area contributed by atoms with Gasteiger partial charge in [-0.2, -0.15) is 0 Å². The second kappa shape index (κ2) is 8.48. The number of hydrogen-bond donors (Lipinski definition) is 1. The molecular formula is C21H25N7O2. The molecule has 0 spiro atoms. The van der Waals surface area contributed by atoms with Gasteiger partial charge in [-0.25, -0.2) is 14.8 Å². The van der Waals surface area contributed by atoms with Crippen molar-refractivity contribution >= 4 is 17.5 Å². The molecule has 0 unspecified atom stereocenters. The number of aromatic nitrogens is 4. The molecule has 0 radical (unpaired) electrons. The Morgan fingerprint density at radius 2 is 1.93 bits per heavy atom. The van der Waals surface area contributed by atoms with Crippen molar-refractivity contribution in [2.75, 3.05) is 36.4 Å². The topological polar surface area (TPSA) is 100 Å². The predicted molar refractivity (Wildman–Crippen MR) is 113 cm³/mol. The zero-order valence-electron chi connectivity index (χ0n) is 17.4. The number of carbonyl (C=O) groups is 1. The van der Waals surface area contributed by atoms with Crippen LogP contribution in [0.15, 0.2) is 41.1 Å². The maximum absolute atomic E-state index is 12.7. The number of aryl methyl sites for hydroxylation is 1. The van der Waals surface area contributed by atoms with Crippen molar-refractivity contribution in [2.45, 2.75) is 26.7 Å². The van der Waals surface area contributed by atoms with E-state index in [-0.39, 0.29) is 11.9 Å². The van der Waals surface area contributed by atoms with E-state index in [1.165, 1.54) is 6.39 Å². The molecule has 1 saturated heterocycles. The van der Waals surface area contributed by atoms with E-state index in [1.54, 1.807) is 0 Å². The molecule has 1 N–H and O–H groups in total. The van der Waals surface area contributed by atoms with Crippen molar-refractivity contribution in [3.8, 4) is 11.5 Å². The Balaban J connectivity index is 1.38. The molecule has 156 valence electrons. The lowest BCUT2D eigenvalue weighted by Crippen LogP contribution is -2.50. The molecule has 3 aromatic rings. The minimum atomic E-state index is -0.126. The average molecular weight is 407 g/mol. The Hall–Kier alpha value is -3.49. The van der Waals surface area contributed by atoms with E-state index in [0.717, 1.165) is 36.0 Å². The van der Waals surface area contributed by atoms with Crippen LogP contribution < -0.4 is 10.2 Å². The molecule has 3 heterocycles. The van der Waals surface area contributed by atoms with Gasteiger partial charge in [0, 0.05) is 55.1 Å². The van der Waals surface area contributed by atoms with E-state index in [9.17, 15) is 4.79 Å². The molecule has 0 atom stereocenters. The summed E-state index contributed by atoms with van der Waals surface area (Å²) in [4.78, 5) is 26.0. The fraction of sp³-hybridized carbons (Fsp3) is 0.381. The number of carbonyl (C=O) groups excluding carboxylic acids is 1. The number of nitrogens with zero attached hydrogens (tertiary/aromatic N) is 6. The number of benzene rings is 1. The van der Waals surface area contributed by atoms with Gasteiger partial charge in [0.15, 0.2) is 0 Å². The molecular weight excluding hydrogens is 382 g/mol. The van der Waals surface area contributed by atoms with Gasteiger partial charge >= 0.3 is 6.03 Å². The van der Waals surface area contributed by atoms with E-state index in [2.05, 4.69) is 39.2 Å². The first-order valence-electron chi connectivity index (χ1n) is 10.0. The third-order valence-corrected chi connectivity index (χ3v) is 4.99. The lowest BCUT2D eigenvalue weighted by molar-refractivity contribution is 0.208. The first-order valence-corrected chi connectivity index (χ1v) is 10.0. The predicted octanol–water partition coefficient (Wildman–Crippen LogP) is 3.31. The van der Waals surface area contributed by atoms with Gasteiger partial charge in [0.25, 0.3) is 0 Å². The molecule has 9 heteroatoms. The summed E-state index contributed by atoms with van der Waals surface area (Å²) in [7, 11) is 0. The Bertz CT molecular complexity index is 1010. The molecule has 1 fully saturated rings. The molecule has 2 amide bonds. The van der Waals surface area contributed by atoms with Crippen LogP contribution in [0, 0.1) is 6.92 Å². The number of piperazine rings is 1. The van der Waals surface area contributed by atoms with Crippen molar-refractivity contribution in [1.29, 1.82) is 0 Å². The monoisotopic (exact) mass is 407 g/mol. The molecule has 0 saturated carbocycles. The quantitative estimate of drug-likeness (QED) is 0.708. The lowest BCUT2D eigenvalue weighted by Gasteiger charge is -2.35. The van der Waals surface area contributed by atoms with Crippen molar-refractivity contribution in [3.63, 3.8) is 0 Å². The van der Waals surface area contributed by atoms with E-state index in [0.29, 0.717) is 24.7 Å². The first kappa shape index (κ1) is 19.8. The Morgan fingerprint density at radius 1 is 1.13 bits per heavy atom. The molecule has 1 aliphatic heterocycles. The second-order valence-electron chi connectivity index (χ2n) is 7.61. The molecule has 1 aromatic carbocycles. The van der Waals surface area contributed by atoms with E-state index >= 15 is 0 Å². The molecule has 0 bridgehead atoms. The third kappa shape index (κ3) is 4.40. The van der Waals surface area contributed by atoms with E-state index in [1.807, 2.05) is 42.2 Å². The Morgan fingerprint density at radius 3 is 2.63 bits per heavy atom. The fourth-order valence-electron chi connectivity index (χ4n) is 3.36. The van der Waals surface area contributed by atoms with Crippen LogP contribution >= 0.6 is 0 Å². The summed E-state index contributed by atoms with van der Waals surface area (Å²) in [6, 6.07) is 9.24. The number of amides is 2. The molecule has 0 aliphatic carbocycles. The molecule has 1 aliphatic rings. The number of urea groups is 1. The second-order valence-corrected chi connectivity index (χ2v) is 7.61. The lowest BCUT2D eigenvalue weighted by atomic mass is 10.2. The largest absolute Gasteiger partial charge is 0.423 e. The summed E-state index contributed by atoms with van der Waals surface area (Å²) in [5.41, 5.74) is 2.41. The summed E-state index contributed by atoms with van der Waals surface area (Å²) in [6.45, 7) is 8.86. The van der Waals surface area contributed by atoms with Crippen molar-refractivity contribution in [1.82, 2.24) is 25.1 Å². The van der Waals surface area contributed by atoms with Gasteiger partial charge in [-0.15, -0.1) is 10.2 Å². The number of rotatable bonds is 4. The number of hydrogen-bond acceptors (Lipinski definition) is 7. The van der Waals surface area contributed by atoms with Gasteiger partial charge in [-0.05, 0) is 25.1 Å². The van der Waals surface area contributed by atoms with Gasteiger partial charge < -0.3 is 19.5 Å². The Kier molecular flexibility index (Phi) is 5.60. The summed E-state index contributed by atoms with van der Waals surface area (Å²) >= 11 is 0. The van der Waals surface area contributed by atoms with Crippen LogP contribution in [0.3, 0.4) is 0 Å². The van der Waals surface area contributed by atoms with Gasteiger partial charge in [-0.1, -0.05) is 19.9 Å². The molecule has 2 aromatic heterocycles. The van der Waals surface area contributed by atoms with Crippen LogP contribution in [-0.4, -0.2) is 57.3 Å². The Labute approximate surface area is 175 Å². The maximum atomic E-state index is 12.7. The highest BCUT2D eigenvalue weighted by Crippen LogP contribution is 2.22. The van der Waals surface area contributed by atoms with Gasteiger partial charge in [0.1, 0.15) is 11.6 Å².